The van der Waals surface area contributed by atoms with Gasteiger partial charge in [-0.1, -0.05) is 30.3 Å². The Kier molecular flexibility index (Phi) is 3.56. The Labute approximate surface area is 134 Å². The molecule has 0 fully saturated rings. The molecule has 0 spiro atoms. The molecule has 0 saturated heterocycles. The van der Waals surface area contributed by atoms with Crippen molar-refractivity contribution in [2.75, 3.05) is 7.11 Å². The zero-order chi connectivity index (χ0) is 16.6. The van der Waals surface area contributed by atoms with Gasteiger partial charge in [0, 0.05) is 12.0 Å². The first kappa shape index (κ1) is 15.1. The molecule has 0 aromatic heterocycles. The SMILES string of the molecule is COc1ccc2c(c1)C(C)(Cc1ccccc1)N(C(=O)O)C2=O. The molecule has 1 heterocycles. The van der Waals surface area contributed by atoms with Crippen LogP contribution in [0.15, 0.2) is 48.5 Å². The maximum Gasteiger partial charge on any atom is 0.415 e. The zero-order valence-corrected chi connectivity index (χ0v) is 12.9. The molecule has 1 aliphatic heterocycles. The normalized spacial score (nSPS) is 19.6. The van der Waals surface area contributed by atoms with E-state index in [1.165, 1.54) is 0 Å². The summed E-state index contributed by atoms with van der Waals surface area (Å²) in [4.78, 5) is 25.2. The Balaban J connectivity index is 2.15. The smallest absolute Gasteiger partial charge is 0.415 e. The number of carbonyl (C=O) groups is 2. The van der Waals surface area contributed by atoms with Crippen molar-refractivity contribution in [2.24, 2.45) is 0 Å². The summed E-state index contributed by atoms with van der Waals surface area (Å²) in [6, 6.07) is 14.6. The molecule has 2 aromatic carbocycles. The first-order chi connectivity index (χ1) is 11.0. The van der Waals surface area contributed by atoms with Gasteiger partial charge in [0.25, 0.3) is 5.91 Å². The van der Waals surface area contributed by atoms with Crippen molar-refractivity contribution in [1.82, 2.24) is 4.90 Å². The molecule has 118 valence electrons. The van der Waals surface area contributed by atoms with Gasteiger partial charge in [-0.15, -0.1) is 0 Å². The summed E-state index contributed by atoms with van der Waals surface area (Å²) in [5.74, 6) is 0.108. The van der Waals surface area contributed by atoms with Crippen LogP contribution < -0.4 is 4.74 Å². The molecule has 1 aliphatic rings. The molecule has 0 bridgehead atoms. The number of hydrogen-bond donors (Lipinski definition) is 1. The summed E-state index contributed by atoms with van der Waals surface area (Å²) in [6.07, 6.45) is -0.838. The second-order valence-electron chi connectivity index (χ2n) is 5.77. The van der Waals surface area contributed by atoms with Crippen LogP contribution in [0.25, 0.3) is 0 Å². The molecule has 2 amide bonds. The number of rotatable bonds is 3. The molecular weight excluding hydrogens is 294 g/mol. The van der Waals surface area contributed by atoms with Crippen LogP contribution >= 0.6 is 0 Å². The van der Waals surface area contributed by atoms with Crippen molar-refractivity contribution in [3.8, 4) is 5.75 Å². The maximum absolute atomic E-state index is 12.5. The standard InChI is InChI=1S/C18H17NO4/c1-18(11-12-6-4-3-5-7-12)15-10-13(23-2)8-9-14(15)16(20)19(18)17(21)22/h3-10H,11H2,1-2H3,(H,21,22). The lowest BCUT2D eigenvalue weighted by molar-refractivity contribution is 0.0578. The lowest BCUT2D eigenvalue weighted by Crippen LogP contribution is -2.46. The van der Waals surface area contributed by atoms with E-state index in [4.69, 9.17) is 4.74 Å². The minimum Gasteiger partial charge on any atom is -0.497 e. The van der Waals surface area contributed by atoms with E-state index in [1.54, 1.807) is 32.2 Å². The molecular formula is C18H17NO4. The number of methoxy groups -OCH3 is 1. The molecule has 5 heteroatoms. The lowest BCUT2D eigenvalue weighted by Gasteiger charge is -2.32. The van der Waals surface area contributed by atoms with E-state index in [9.17, 15) is 14.7 Å². The van der Waals surface area contributed by atoms with Crippen molar-refractivity contribution >= 4 is 12.0 Å². The van der Waals surface area contributed by atoms with E-state index in [1.807, 2.05) is 30.3 Å². The Morgan fingerprint density at radius 3 is 2.52 bits per heavy atom. The highest BCUT2D eigenvalue weighted by atomic mass is 16.5. The molecule has 23 heavy (non-hydrogen) atoms. The number of hydrogen-bond acceptors (Lipinski definition) is 3. The van der Waals surface area contributed by atoms with Crippen LogP contribution in [0.3, 0.4) is 0 Å². The Hall–Kier alpha value is -2.82. The number of fused-ring (bicyclic) bond motifs is 1. The fraction of sp³-hybridized carbons (Fsp3) is 0.222. The minimum atomic E-state index is -1.25. The number of carboxylic acid groups (broad SMARTS) is 1. The van der Waals surface area contributed by atoms with Gasteiger partial charge in [-0.2, -0.15) is 0 Å². The average Bonchev–Trinajstić information content (AvgIpc) is 2.75. The van der Waals surface area contributed by atoms with E-state index in [2.05, 4.69) is 0 Å². The molecule has 1 unspecified atom stereocenters. The number of ether oxygens (including phenoxy) is 1. The number of amides is 2. The van der Waals surface area contributed by atoms with E-state index >= 15 is 0 Å². The predicted molar refractivity (Wildman–Crippen MR) is 84.7 cm³/mol. The van der Waals surface area contributed by atoms with Crippen LogP contribution in [0.1, 0.15) is 28.4 Å². The third-order valence-corrected chi connectivity index (χ3v) is 4.32. The molecule has 3 rings (SSSR count). The van der Waals surface area contributed by atoms with Crippen molar-refractivity contribution in [1.29, 1.82) is 0 Å². The van der Waals surface area contributed by atoms with Gasteiger partial charge in [0.1, 0.15) is 5.75 Å². The average molecular weight is 311 g/mol. The molecule has 0 saturated carbocycles. The highest BCUT2D eigenvalue weighted by Crippen LogP contribution is 2.42. The Morgan fingerprint density at radius 2 is 1.91 bits per heavy atom. The van der Waals surface area contributed by atoms with E-state index < -0.39 is 17.5 Å². The van der Waals surface area contributed by atoms with Gasteiger partial charge in [-0.05, 0) is 36.2 Å². The molecule has 0 aliphatic carbocycles. The fourth-order valence-corrected chi connectivity index (χ4v) is 3.21. The Morgan fingerprint density at radius 1 is 1.22 bits per heavy atom. The van der Waals surface area contributed by atoms with Crippen molar-refractivity contribution in [3.05, 3.63) is 65.2 Å². The largest absolute Gasteiger partial charge is 0.497 e. The number of imide groups is 1. The summed E-state index contributed by atoms with van der Waals surface area (Å²) < 4.78 is 5.24. The molecule has 2 aromatic rings. The fourth-order valence-electron chi connectivity index (χ4n) is 3.21. The lowest BCUT2D eigenvalue weighted by atomic mass is 9.85. The van der Waals surface area contributed by atoms with Gasteiger partial charge >= 0.3 is 6.09 Å². The third kappa shape index (κ3) is 2.34. The van der Waals surface area contributed by atoms with E-state index in [0.29, 0.717) is 23.3 Å². The van der Waals surface area contributed by atoms with Crippen LogP contribution in [0.2, 0.25) is 0 Å². The number of nitrogens with zero attached hydrogens (tertiary/aromatic N) is 1. The zero-order valence-electron chi connectivity index (χ0n) is 12.9. The summed E-state index contributed by atoms with van der Waals surface area (Å²) in [7, 11) is 1.54. The van der Waals surface area contributed by atoms with Gasteiger partial charge < -0.3 is 9.84 Å². The van der Waals surface area contributed by atoms with Gasteiger partial charge in [-0.3, -0.25) is 4.79 Å². The number of benzene rings is 2. The van der Waals surface area contributed by atoms with E-state index in [0.717, 1.165) is 10.5 Å². The summed E-state index contributed by atoms with van der Waals surface area (Å²) in [5.41, 5.74) is 1.08. The van der Waals surface area contributed by atoms with Crippen molar-refractivity contribution in [2.45, 2.75) is 18.9 Å². The first-order valence-electron chi connectivity index (χ1n) is 7.27. The molecule has 1 atom stereocenters. The third-order valence-electron chi connectivity index (χ3n) is 4.32. The minimum absolute atomic E-state index is 0.409. The number of carbonyl (C=O) groups excluding carboxylic acids is 1. The quantitative estimate of drug-likeness (QED) is 0.944. The summed E-state index contributed by atoms with van der Waals surface area (Å²) in [5, 5.41) is 9.57. The van der Waals surface area contributed by atoms with Crippen LogP contribution in [0.4, 0.5) is 4.79 Å². The van der Waals surface area contributed by atoms with E-state index in [-0.39, 0.29) is 0 Å². The second kappa shape index (κ2) is 5.43. The van der Waals surface area contributed by atoms with Gasteiger partial charge in [0.05, 0.1) is 12.6 Å². The molecule has 5 nitrogen and oxygen atoms in total. The highest BCUT2D eigenvalue weighted by molar-refractivity contribution is 6.07. The van der Waals surface area contributed by atoms with Gasteiger partial charge in [0.2, 0.25) is 0 Å². The summed E-state index contributed by atoms with van der Waals surface area (Å²) >= 11 is 0. The first-order valence-corrected chi connectivity index (χ1v) is 7.27. The molecule has 0 radical (unpaired) electrons. The van der Waals surface area contributed by atoms with Crippen LogP contribution in [0.5, 0.6) is 5.75 Å². The van der Waals surface area contributed by atoms with Crippen LogP contribution in [-0.2, 0) is 12.0 Å². The summed E-state index contributed by atoms with van der Waals surface area (Å²) in [6.45, 7) is 1.78. The predicted octanol–water partition coefficient (Wildman–Crippen LogP) is 3.29. The topological polar surface area (TPSA) is 66.8 Å². The van der Waals surface area contributed by atoms with Crippen molar-refractivity contribution < 1.29 is 19.4 Å². The maximum atomic E-state index is 12.5. The van der Waals surface area contributed by atoms with Crippen molar-refractivity contribution in [3.63, 3.8) is 0 Å². The second-order valence-corrected chi connectivity index (χ2v) is 5.77. The Bertz CT molecular complexity index is 772. The van der Waals surface area contributed by atoms with Crippen LogP contribution in [-0.4, -0.2) is 29.1 Å². The van der Waals surface area contributed by atoms with Gasteiger partial charge in [0.15, 0.2) is 0 Å². The monoisotopic (exact) mass is 311 g/mol. The molecule has 1 N–H and O–H groups in total. The van der Waals surface area contributed by atoms with Crippen LogP contribution in [0, 0.1) is 0 Å². The van der Waals surface area contributed by atoms with Gasteiger partial charge in [-0.25, -0.2) is 9.69 Å². The highest BCUT2D eigenvalue weighted by Gasteiger charge is 2.50.